The Hall–Kier alpha value is -3.57. The number of H-pyrrole nitrogens is 1. The smallest absolute Gasteiger partial charge is 0.203 e. The zero-order valence-electron chi connectivity index (χ0n) is 18.1. The zero-order valence-corrected chi connectivity index (χ0v) is 19.0. The van der Waals surface area contributed by atoms with Crippen LogP contribution in [0.5, 0.6) is 17.2 Å². The monoisotopic (exact) mass is 441 g/mol. The maximum atomic E-state index is 5.57. The van der Waals surface area contributed by atoms with Crippen molar-refractivity contribution in [1.82, 2.24) is 4.98 Å². The number of methoxy groups -OCH3 is 3. The second-order valence-corrected chi connectivity index (χ2v) is 8.45. The number of hydrogen-bond acceptors (Lipinski definition) is 4. The summed E-state index contributed by atoms with van der Waals surface area (Å²) in [6, 6.07) is 27.3. The highest BCUT2D eigenvalue weighted by Crippen LogP contribution is 2.47. The molecule has 5 aromatic rings. The molecule has 5 heteroatoms. The molecule has 0 amide bonds. The molecular formula is C27H23NO3S. The highest BCUT2D eigenvalue weighted by atomic mass is 32.2. The maximum absolute atomic E-state index is 5.57. The summed E-state index contributed by atoms with van der Waals surface area (Å²) in [5, 5.41) is 3.61. The van der Waals surface area contributed by atoms with Gasteiger partial charge >= 0.3 is 0 Å². The van der Waals surface area contributed by atoms with Crippen LogP contribution in [0.1, 0.15) is 0 Å². The van der Waals surface area contributed by atoms with Crippen molar-refractivity contribution in [2.45, 2.75) is 9.79 Å². The van der Waals surface area contributed by atoms with Gasteiger partial charge in [-0.3, -0.25) is 0 Å². The molecule has 0 atom stereocenters. The van der Waals surface area contributed by atoms with Crippen molar-refractivity contribution in [3.63, 3.8) is 0 Å². The second-order valence-electron chi connectivity index (χ2n) is 7.36. The van der Waals surface area contributed by atoms with Gasteiger partial charge in [-0.1, -0.05) is 72.4 Å². The number of para-hydroxylation sites is 1. The third kappa shape index (κ3) is 3.45. The summed E-state index contributed by atoms with van der Waals surface area (Å²) in [4.78, 5) is 5.83. The van der Waals surface area contributed by atoms with Crippen molar-refractivity contribution in [2.75, 3.05) is 21.3 Å². The van der Waals surface area contributed by atoms with Gasteiger partial charge in [-0.2, -0.15) is 0 Å². The van der Waals surface area contributed by atoms with Crippen LogP contribution in [0.25, 0.3) is 32.9 Å². The van der Waals surface area contributed by atoms with Crippen LogP contribution in [0, 0.1) is 0 Å². The molecule has 1 aromatic heterocycles. The zero-order chi connectivity index (χ0) is 22.1. The molecule has 0 bridgehead atoms. The quantitative estimate of drug-likeness (QED) is 0.303. The fourth-order valence-electron chi connectivity index (χ4n) is 4.09. The first-order valence-corrected chi connectivity index (χ1v) is 11.1. The Kier molecular flexibility index (Phi) is 5.41. The SMILES string of the molecule is COc1cc(Sc2c(-c3cccc4ccccc34)[nH]c3ccccc23)cc(OC)c1OC. The summed E-state index contributed by atoms with van der Waals surface area (Å²) in [5.41, 5.74) is 3.38. The fraction of sp³-hybridized carbons (Fsp3) is 0.111. The van der Waals surface area contributed by atoms with E-state index in [1.165, 1.54) is 21.7 Å². The Bertz CT molecular complexity index is 1390. The van der Waals surface area contributed by atoms with Crippen molar-refractivity contribution in [2.24, 2.45) is 0 Å². The molecule has 32 heavy (non-hydrogen) atoms. The third-order valence-corrected chi connectivity index (χ3v) is 6.68. The van der Waals surface area contributed by atoms with Crippen molar-refractivity contribution in [3.8, 4) is 28.5 Å². The molecule has 0 unspecified atom stereocenters. The summed E-state index contributed by atoms with van der Waals surface area (Å²) in [6.07, 6.45) is 0. The van der Waals surface area contributed by atoms with Gasteiger partial charge in [0.1, 0.15) is 0 Å². The van der Waals surface area contributed by atoms with E-state index in [4.69, 9.17) is 14.2 Å². The Balaban J connectivity index is 1.72. The van der Waals surface area contributed by atoms with Gasteiger partial charge in [-0.25, -0.2) is 0 Å². The van der Waals surface area contributed by atoms with Crippen LogP contribution in [0.4, 0.5) is 0 Å². The Morgan fingerprint density at radius 2 is 1.34 bits per heavy atom. The minimum Gasteiger partial charge on any atom is -0.493 e. The predicted molar refractivity (Wildman–Crippen MR) is 131 cm³/mol. The first-order valence-electron chi connectivity index (χ1n) is 10.3. The Morgan fingerprint density at radius 1 is 0.688 bits per heavy atom. The molecular weight excluding hydrogens is 418 g/mol. The number of nitrogens with one attached hydrogen (secondary N) is 1. The molecule has 0 aliphatic carbocycles. The van der Waals surface area contributed by atoms with Gasteiger partial charge in [0.15, 0.2) is 11.5 Å². The molecule has 0 aliphatic rings. The van der Waals surface area contributed by atoms with Crippen LogP contribution in [0.3, 0.4) is 0 Å². The van der Waals surface area contributed by atoms with Crippen molar-refractivity contribution < 1.29 is 14.2 Å². The molecule has 1 heterocycles. The predicted octanol–water partition coefficient (Wildman–Crippen LogP) is 7.17. The van der Waals surface area contributed by atoms with Crippen LogP contribution in [0.15, 0.2) is 88.7 Å². The summed E-state index contributed by atoms with van der Waals surface area (Å²) in [5.74, 6) is 1.87. The molecule has 160 valence electrons. The summed E-state index contributed by atoms with van der Waals surface area (Å²) >= 11 is 1.69. The molecule has 1 N–H and O–H groups in total. The van der Waals surface area contributed by atoms with Crippen molar-refractivity contribution in [1.29, 1.82) is 0 Å². The second kappa shape index (κ2) is 8.52. The van der Waals surface area contributed by atoms with Gasteiger partial charge in [-0.15, -0.1) is 0 Å². The van der Waals surface area contributed by atoms with Crippen molar-refractivity contribution >= 4 is 33.4 Å². The van der Waals surface area contributed by atoms with E-state index in [0.29, 0.717) is 17.2 Å². The molecule has 0 saturated heterocycles. The van der Waals surface area contributed by atoms with Gasteiger partial charge in [0.05, 0.1) is 27.0 Å². The standard InChI is InChI=1S/C27H23NO3S/c1-29-23-15-18(16-24(30-2)26(23)31-3)32-27-21-12-6-7-14-22(21)28-25(27)20-13-8-10-17-9-4-5-11-19(17)20/h4-16,28H,1-3H3. The van der Waals surface area contributed by atoms with Crippen LogP contribution in [-0.2, 0) is 0 Å². The van der Waals surface area contributed by atoms with Gasteiger partial charge in [0.25, 0.3) is 0 Å². The van der Waals surface area contributed by atoms with Gasteiger partial charge < -0.3 is 19.2 Å². The fourth-order valence-corrected chi connectivity index (χ4v) is 5.21. The Morgan fingerprint density at radius 3 is 2.06 bits per heavy atom. The number of ether oxygens (including phenoxy) is 3. The number of aromatic amines is 1. The lowest BCUT2D eigenvalue weighted by atomic mass is 10.0. The van der Waals surface area contributed by atoms with E-state index in [0.717, 1.165) is 21.0 Å². The van der Waals surface area contributed by atoms with Crippen LogP contribution >= 0.6 is 11.8 Å². The maximum Gasteiger partial charge on any atom is 0.203 e. The third-order valence-electron chi connectivity index (χ3n) is 5.58. The van der Waals surface area contributed by atoms with E-state index in [1.54, 1.807) is 33.1 Å². The summed E-state index contributed by atoms with van der Waals surface area (Å²) in [7, 11) is 4.89. The first-order chi connectivity index (χ1) is 15.7. The molecule has 4 nitrogen and oxygen atoms in total. The van der Waals surface area contributed by atoms with E-state index < -0.39 is 0 Å². The van der Waals surface area contributed by atoms with Crippen LogP contribution in [-0.4, -0.2) is 26.3 Å². The van der Waals surface area contributed by atoms with E-state index in [9.17, 15) is 0 Å². The number of hydrogen-bond donors (Lipinski definition) is 1. The van der Waals surface area contributed by atoms with Crippen LogP contribution < -0.4 is 14.2 Å². The lowest BCUT2D eigenvalue weighted by Gasteiger charge is -2.14. The molecule has 0 aliphatic heterocycles. The van der Waals surface area contributed by atoms with Gasteiger partial charge in [-0.05, 0) is 29.0 Å². The summed E-state index contributed by atoms with van der Waals surface area (Å²) in [6.45, 7) is 0. The minimum atomic E-state index is 0.590. The van der Waals surface area contributed by atoms with Crippen molar-refractivity contribution in [3.05, 3.63) is 78.9 Å². The average Bonchev–Trinajstić information content (AvgIpc) is 3.21. The Labute approximate surface area is 191 Å². The van der Waals surface area contributed by atoms with E-state index in [1.807, 2.05) is 12.1 Å². The van der Waals surface area contributed by atoms with E-state index in [-0.39, 0.29) is 0 Å². The molecule has 0 spiro atoms. The highest BCUT2D eigenvalue weighted by molar-refractivity contribution is 7.99. The first kappa shape index (κ1) is 20.3. The van der Waals surface area contributed by atoms with Gasteiger partial charge in [0.2, 0.25) is 5.75 Å². The normalized spacial score (nSPS) is 11.1. The van der Waals surface area contributed by atoms with Crippen LogP contribution in [0.2, 0.25) is 0 Å². The number of rotatable bonds is 6. The lowest BCUT2D eigenvalue weighted by Crippen LogP contribution is -1.95. The molecule has 0 saturated carbocycles. The number of fused-ring (bicyclic) bond motifs is 2. The average molecular weight is 442 g/mol. The summed E-state index contributed by atoms with van der Waals surface area (Å²) < 4.78 is 16.6. The molecule has 5 rings (SSSR count). The highest BCUT2D eigenvalue weighted by Gasteiger charge is 2.19. The van der Waals surface area contributed by atoms with E-state index >= 15 is 0 Å². The largest absolute Gasteiger partial charge is 0.493 e. The number of aromatic nitrogens is 1. The lowest BCUT2D eigenvalue weighted by molar-refractivity contribution is 0.323. The topological polar surface area (TPSA) is 43.5 Å². The number of benzene rings is 4. The van der Waals surface area contributed by atoms with E-state index in [2.05, 4.69) is 71.7 Å². The molecule has 4 aromatic carbocycles. The molecule has 0 fully saturated rings. The van der Waals surface area contributed by atoms with Gasteiger partial charge in [0, 0.05) is 26.3 Å². The minimum absolute atomic E-state index is 0.590. The molecule has 0 radical (unpaired) electrons.